The number of piperidine rings is 1. The molecule has 0 atom stereocenters. The highest BCUT2D eigenvalue weighted by atomic mass is 16.2. The zero-order chi connectivity index (χ0) is 12.3. The number of nitrogens with zero attached hydrogens (tertiary/aromatic N) is 1. The Morgan fingerprint density at radius 3 is 2.47 bits per heavy atom. The Bertz CT molecular complexity index is 170. The van der Waals surface area contributed by atoms with Gasteiger partial charge in [0.1, 0.15) is 0 Å². The van der Waals surface area contributed by atoms with Crippen LogP contribution in [0.25, 0.3) is 0 Å². The summed E-state index contributed by atoms with van der Waals surface area (Å²) in [6, 6.07) is 0. The Morgan fingerprint density at radius 2 is 1.76 bits per heavy atom. The lowest BCUT2D eigenvalue weighted by atomic mass is 9.94. The van der Waals surface area contributed by atoms with Crippen molar-refractivity contribution < 1.29 is 5.11 Å². The minimum Gasteiger partial charge on any atom is -0.396 e. The first-order chi connectivity index (χ1) is 8.33. The third-order valence-electron chi connectivity index (χ3n) is 3.83. The van der Waals surface area contributed by atoms with Crippen LogP contribution in [0.3, 0.4) is 0 Å². The Kier molecular flexibility index (Phi) is 8.67. The van der Waals surface area contributed by atoms with Gasteiger partial charge in [-0.1, -0.05) is 12.8 Å². The third-order valence-corrected chi connectivity index (χ3v) is 3.83. The summed E-state index contributed by atoms with van der Waals surface area (Å²) in [5.74, 6) is 0.952. The van der Waals surface area contributed by atoms with Gasteiger partial charge in [-0.3, -0.25) is 0 Å². The average Bonchev–Trinajstić information content (AvgIpc) is 2.37. The van der Waals surface area contributed by atoms with E-state index >= 15 is 0 Å². The van der Waals surface area contributed by atoms with Crippen LogP contribution >= 0.6 is 0 Å². The van der Waals surface area contributed by atoms with Crippen molar-refractivity contribution in [1.29, 1.82) is 0 Å². The maximum absolute atomic E-state index is 8.69. The Morgan fingerprint density at radius 1 is 1.06 bits per heavy atom. The highest BCUT2D eigenvalue weighted by Gasteiger charge is 2.13. The van der Waals surface area contributed by atoms with Crippen LogP contribution in [0.5, 0.6) is 0 Å². The van der Waals surface area contributed by atoms with E-state index in [1.807, 2.05) is 0 Å². The highest BCUT2D eigenvalue weighted by molar-refractivity contribution is 4.69. The van der Waals surface area contributed by atoms with Gasteiger partial charge in [0.2, 0.25) is 0 Å². The van der Waals surface area contributed by atoms with Gasteiger partial charge in [-0.05, 0) is 71.2 Å². The fraction of sp³-hybridized carbons (Fsp3) is 1.00. The minimum absolute atomic E-state index is 0.353. The van der Waals surface area contributed by atoms with Gasteiger partial charge in [-0.2, -0.15) is 0 Å². The van der Waals surface area contributed by atoms with Crippen LogP contribution in [-0.2, 0) is 0 Å². The summed E-state index contributed by atoms with van der Waals surface area (Å²) in [4.78, 5) is 2.47. The predicted octanol–water partition coefficient (Wildman–Crippen LogP) is 1.86. The molecule has 1 aliphatic heterocycles. The Balaban J connectivity index is 1.91. The monoisotopic (exact) mass is 242 g/mol. The molecule has 0 radical (unpaired) electrons. The molecule has 0 spiro atoms. The Labute approximate surface area is 107 Å². The molecule has 0 aliphatic carbocycles. The molecular weight excluding hydrogens is 212 g/mol. The van der Waals surface area contributed by atoms with Gasteiger partial charge in [0.15, 0.2) is 0 Å². The fourth-order valence-electron chi connectivity index (χ4n) is 2.53. The van der Waals surface area contributed by atoms with Crippen LogP contribution in [0, 0.1) is 5.92 Å². The van der Waals surface area contributed by atoms with Gasteiger partial charge in [-0.15, -0.1) is 0 Å². The van der Waals surface area contributed by atoms with Crippen molar-refractivity contribution in [3.8, 4) is 0 Å². The first-order valence-electron chi connectivity index (χ1n) is 7.33. The second-order valence-corrected chi connectivity index (χ2v) is 5.42. The summed E-state index contributed by atoms with van der Waals surface area (Å²) in [7, 11) is 2.24. The van der Waals surface area contributed by atoms with Gasteiger partial charge in [0, 0.05) is 6.61 Å². The van der Waals surface area contributed by atoms with E-state index in [-0.39, 0.29) is 0 Å². The SMILES string of the molecule is CN(CCCCCCO)CCC1CCNCC1. The molecule has 0 aromatic heterocycles. The molecule has 0 unspecified atom stereocenters. The zero-order valence-electron chi connectivity index (χ0n) is 11.5. The maximum atomic E-state index is 8.69. The maximum Gasteiger partial charge on any atom is 0.0431 e. The number of aliphatic hydroxyl groups excluding tert-OH is 1. The molecule has 2 N–H and O–H groups in total. The van der Waals surface area contributed by atoms with Crippen LogP contribution in [0.4, 0.5) is 0 Å². The molecule has 0 aromatic rings. The molecule has 0 aromatic carbocycles. The summed E-state index contributed by atoms with van der Waals surface area (Å²) < 4.78 is 0. The summed E-state index contributed by atoms with van der Waals surface area (Å²) >= 11 is 0. The number of aliphatic hydroxyl groups is 1. The molecule has 1 rings (SSSR count). The number of unbranched alkanes of at least 4 members (excludes halogenated alkanes) is 3. The number of nitrogens with one attached hydrogen (secondary N) is 1. The largest absolute Gasteiger partial charge is 0.396 e. The van der Waals surface area contributed by atoms with Crippen LogP contribution < -0.4 is 5.32 Å². The lowest BCUT2D eigenvalue weighted by molar-refractivity contribution is 0.261. The second-order valence-electron chi connectivity index (χ2n) is 5.42. The number of rotatable bonds is 9. The van der Waals surface area contributed by atoms with Crippen molar-refractivity contribution in [3.05, 3.63) is 0 Å². The van der Waals surface area contributed by atoms with Crippen molar-refractivity contribution in [2.75, 3.05) is 39.8 Å². The van der Waals surface area contributed by atoms with Crippen LogP contribution in [0.2, 0.25) is 0 Å². The first kappa shape index (κ1) is 14.9. The standard InChI is InChI=1S/C14H30N2O/c1-16(11-4-2-3-5-13-17)12-8-14-6-9-15-10-7-14/h14-15,17H,2-13H2,1H3. The molecule has 1 aliphatic rings. The molecule has 0 saturated carbocycles. The normalized spacial score (nSPS) is 17.8. The second kappa shape index (κ2) is 9.86. The van der Waals surface area contributed by atoms with Gasteiger partial charge >= 0.3 is 0 Å². The molecule has 1 fully saturated rings. The predicted molar refractivity (Wildman–Crippen MR) is 73.3 cm³/mol. The van der Waals surface area contributed by atoms with E-state index < -0.39 is 0 Å². The topological polar surface area (TPSA) is 35.5 Å². The molecule has 3 heteroatoms. The third kappa shape index (κ3) is 7.74. The van der Waals surface area contributed by atoms with Crippen molar-refractivity contribution in [2.45, 2.75) is 44.9 Å². The highest BCUT2D eigenvalue weighted by Crippen LogP contribution is 2.16. The zero-order valence-corrected chi connectivity index (χ0v) is 11.5. The van der Waals surface area contributed by atoms with Crippen molar-refractivity contribution in [1.82, 2.24) is 10.2 Å². The average molecular weight is 242 g/mol. The molecular formula is C14H30N2O. The quantitative estimate of drug-likeness (QED) is 0.606. The Hall–Kier alpha value is -0.120. The van der Waals surface area contributed by atoms with E-state index in [9.17, 15) is 0 Å². The van der Waals surface area contributed by atoms with E-state index in [2.05, 4.69) is 17.3 Å². The lowest BCUT2D eigenvalue weighted by Crippen LogP contribution is -2.30. The van der Waals surface area contributed by atoms with E-state index in [1.165, 1.54) is 64.7 Å². The fourth-order valence-corrected chi connectivity index (χ4v) is 2.53. The van der Waals surface area contributed by atoms with E-state index in [0.29, 0.717) is 6.61 Å². The van der Waals surface area contributed by atoms with Gasteiger partial charge in [-0.25, -0.2) is 0 Å². The van der Waals surface area contributed by atoms with E-state index in [0.717, 1.165) is 12.3 Å². The molecule has 102 valence electrons. The van der Waals surface area contributed by atoms with Crippen molar-refractivity contribution in [3.63, 3.8) is 0 Å². The molecule has 17 heavy (non-hydrogen) atoms. The van der Waals surface area contributed by atoms with Gasteiger partial charge in [0.05, 0.1) is 0 Å². The number of hydrogen-bond donors (Lipinski definition) is 2. The van der Waals surface area contributed by atoms with E-state index in [4.69, 9.17) is 5.11 Å². The lowest BCUT2D eigenvalue weighted by Gasteiger charge is -2.25. The van der Waals surface area contributed by atoms with Crippen LogP contribution in [-0.4, -0.2) is 49.8 Å². The molecule has 0 bridgehead atoms. The van der Waals surface area contributed by atoms with Crippen LogP contribution in [0.15, 0.2) is 0 Å². The number of hydrogen-bond acceptors (Lipinski definition) is 3. The molecule has 0 amide bonds. The van der Waals surface area contributed by atoms with Crippen LogP contribution in [0.1, 0.15) is 44.9 Å². The van der Waals surface area contributed by atoms with Crippen molar-refractivity contribution >= 4 is 0 Å². The smallest absolute Gasteiger partial charge is 0.0431 e. The summed E-state index contributed by atoms with van der Waals surface area (Å²) in [6.07, 6.45) is 8.79. The minimum atomic E-state index is 0.353. The van der Waals surface area contributed by atoms with E-state index in [1.54, 1.807) is 0 Å². The summed E-state index contributed by atoms with van der Waals surface area (Å²) in [5.41, 5.74) is 0. The molecule has 1 heterocycles. The van der Waals surface area contributed by atoms with Gasteiger partial charge in [0.25, 0.3) is 0 Å². The first-order valence-corrected chi connectivity index (χ1v) is 7.33. The molecule has 3 nitrogen and oxygen atoms in total. The van der Waals surface area contributed by atoms with Gasteiger partial charge < -0.3 is 15.3 Å². The summed E-state index contributed by atoms with van der Waals surface area (Å²) in [6.45, 7) is 5.26. The molecule has 1 saturated heterocycles. The summed E-state index contributed by atoms with van der Waals surface area (Å²) in [5, 5.41) is 12.1. The van der Waals surface area contributed by atoms with Crippen molar-refractivity contribution in [2.24, 2.45) is 5.92 Å².